The van der Waals surface area contributed by atoms with Crippen LogP contribution >= 0.6 is 0 Å². The number of hydrogen-bond donors (Lipinski definition) is 1. The summed E-state index contributed by atoms with van der Waals surface area (Å²) in [6, 6.07) is 6.83. The molecule has 1 aliphatic carbocycles. The Kier molecular flexibility index (Phi) is 9.46. The van der Waals surface area contributed by atoms with Gasteiger partial charge in [-0.25, -0.2) is 9.97 Å². The van der Waals surface area contributed by atoms with Crippen molar-refractivity contribution < 1.29 is 35.9 Å². The van der Waals surface area contributed by atoms with Crippen molar-refractivity contribution in [3.63, 3.8) is 0 Å². The van der Waals surface area contributed by atoms with Crippen molar-refractivity contribution in [2.45, 2.75) is 44.1 Å². The van der Waals surface area contributed by atoms with Crippen LogP contribution in [0.15, 0.2) is 54.9 Å². The minimum absolute atomic E-state index is 0.0461. The number of hydrogen-bond acceptors (Lipinski definition) is 7. The van der Waals surface area contributed by atoms with E-state index < -0.39 is 29.4 Å². The maximum absolute atomic E-state index is 13.2. The Morgan fingerprint density at radius 1 is 0.880 bits per heavy atom. The van der Waals surface area contributed by atoms with E-state index in [1.807, 2.05) is 21.6 Å². The second kappa shape index (κ2) is 13.6. The highest BCUT2D eigenvalue weighted by molar-refractivity contribution is 5.98. The lowest BCUT2D eigenvalue weighted by atomic mass is 10.0. The quantitative estimate of drug-likeness (QED) is 0.168. The average molecular weight is 701 g/mol. The number of aromatic nitrogens is 4. The number of nitrogens with one attached hydrogen (secondary N) is 1. The fourth-order valence-corrected chi connectivity index (χ4v) is 6.29. The summed E-state index contributed by atoms with van der Waals surface area (Å²) in [4.78, 5) is 44.5. The number of benzene rings is 1. The van der Waals surface area contributed by atoms with Gasteiger partial charge in [0.2, 0.25) is 11.9 Å². The van der Waals surface area contributed by atoms with Crippen molar-refractivity contribution in [2.24, 2.45) is 0 Å². The monoisotopic (exact) mass is 700 g/mol. The van der Waals surface area contributed by atoms with Gasteiger partial charge in [0.1, 0.15) is 17.2 Å². The molecule has 1 aromatic carbocycles. The Morgan fingerprint density at radius 2 is 1.54 bits per heavy atom. The van der Waals surface area contributed by atoms with E-state index in [0.717, 1.165) is 48.9 Å². The number of carbonyl (C=O) groups is 2. The lowest BCUT2D eigenvalue weighted by Crippen LogP contribution is -2.48. The summed E-state index contributed by atoms with van der Waals surface area (Å²) in [5.74, 6) is 0.210. The van der Waals surface area contributed by atoms with Crippen LogP contribution in [0.4, 0.5) is 43.8 Å². The predicted octanol–water partition coefficient (Wildman–Crippen LogP) is 6.79. The molecule has 4 heterocycles. The molecule has 0 spiro atoms. The first kappa shape index (κ1) is 34.7. The van der Waals surface area contributed by atoms with E-state index >= 15 is 0 Å². The highest BCUT2D eigenvalue weighted by Gasteiger charge is 2.37. The van der Waals surface area contributed by atoms with Crippen LogP contribution in [0.5, 0.6) is 0 Å². The Morgan fingerprint density at radius 3 is 2.12 bits per heavy atom. The van der Waals surface area contributed by atoms with Crippen molar-refractivity contribution >= 4 is 46.4 Å². The lowest BCUT2D eigenvalue weighted by Gasteiger charge is -2.35. The maximum atomic E-state index is 13.2. The molecule has 10 nitrogen and oxygen atoms in total. The second-order valence-corrected chi connectivity index (χ2v) is 12.5. The number of piperazine rings is 1. The SMILES string of the molecule is CN(C)C(=O)c1cc2cnc(Nc3ccc(N4CCN(C(=O)/C=C/c5cc(C(F)(F)F)cc(C(F)(F)F)c5)CC4)cn3)nc2n1C1CCCC1. The van der Waals surface area contributed by atoms with Crippen LogP contribution in [-0.2, 0) is 17.1 Å². The van der Waals surface area contributed by atoms with Crippen LogP contribution in [-0.4, -0.2) is 81.4 Å². The first-order chi connectivity index (χ1) is 23.7. The van der Waals surface area contributed by atoms with Gasteiger partial charge in [0.25, 0.3) is 5.91 Å². The van der Waals surface area contributed by atoms with E-state index in [0.29, 0.717) is 48.3 Å². The molecule has 3 aromatic heterocycles. The minimum atomic E-state index is -4.98. The van der Waals surface area contributed by atoms with Gasteiger partial charge >= 0.3 is 12.4 Å². The first-order valence-electron chi connectivity index (χ1n) is 16.0. The molecule has 4 aromatic rings. The number of fused-ring (bicyclic) bond motifs is 1. The highest BCUT2D eigenvalue weighted by Crippen LogP contribution is 2.37. The summed E-state index contributed by atoms with van der Waals surface area (Å²) in [5, 5.41) is 3.91. The van der Waals surface area contributed by atoms with Crippen LogP contribution in [0.3, 0.4) is 0 Å². The Labute approximate surface area is 283 Å². The molecule has 2 aliphatic rings. The van der Waals surface area contributed by atoms with E-state index in [1.54, 1.807) is 37.5 Å². The number of nitrogens with zero attached hydrogens (tertiary/aromatic N) is 7. The van der Waals surface area contributed by atoms with E-state index in [1.165, 1.54) is 4.90 Å². The van der Waals surface area contributed by atoms with Crippen LogP contribution in [0, 0.1) is 0 Å². The summed E-state index contributed by atoms with van der Waals surface area (Å²) in [6.07, 6.45) is -0.531. The molecule has 1 saturated heterocycles. The smallest absolute Gasteiger partial charge is 0.367 e. The van der Waals surface area contributed by atoms with Crippen LogP contribution in [0.2, 0.25) is 0 Å². The van der Waals surface area contributed by atoms with Gasteiger partial charge in [-0.3, -0.25) is 9.59 Å². The summed E-state index contributed by atoms with van der Waals surface area (Å²) < 4.78 is 81.1. The van der Waals surface area contributed by atoms with Crippen molar-refractivity contribution in [3.8, 4) is 0 Å². The number of halogens is 6. The van der Waals surface area contributed by atoms with Gasteiger partial charge in [0, 0.05) is 64.0 Å². The molecule has 264 valence electrons. The molecule has 1 N–H and O–H groups in total. The summed E-state index contributed by atoms with van der Waals surface area (Å²) >= 11 is 0. The summed E-state index contributed by atoms with van der Waals surface area (Å²) in [5.41, 5.74) is -1.22. The van der Waals surface area contributed by atoms with E-state index in [2.05, 4.69) is 15.3 Å². The Bertz CT molecular complexity index is 1870. The molecule has 16 heteroatoms. The number of alkyl halides is 6. The van der Waals surface area contributed by atoms with Crippen LogP contribution in [0.25, 0.3) is 17.1 Å². The van der Waals surface area contributed by atoms with Gasteiger partial charge < -0.3 is 24.6 Å². The van der Waals surface area contributed by atoms with Crippen molar-refractivity contribution in [3.05, 3.63) is 77.3 Å². The molecule has 0 radical (unpaired) electrons. The molecule has 2 fully saturated rings. The van der Waals surface area contributed by atoms with Gasteiger partial charge in [-0.1, -0.05) is 12.8 Å². The fourth-order valence-electron chi connectivity index (χ4n) is 6.29. The molecule has 0 atom stereocenters. The third-order valence-corrected chi connectivity index (χ3v) is 8.86. The molecule has 50 heavy (non-hydrogen) atoms. The van der Waals surface area contributed by atoms with Crippen LogP contribution in [0.1, 0.15) is 58.9 Å². The number of carbonyl (C=O) groups excluding carboxylic acids is 2. The number of anilines is 3. The number of amides is 2. The third-order valence-electron chi connectivity index (χ3n) is 8.86. The predicted molar refractivity (Wildman–Crippen MR) is 175 cm³/mol. The van der Waals surface area contributed by atoms with Gasteiger partial charge in [-0.05, 0) is 60.9 Å². The first-order valence-corrected chi connectivity index (χ1v) is 16.0. The Balaban J connectivity index is 1.09. The molecular formula is C34H34F6N8O2. The number of rotatable bonds is 7. The number of pyridine rings is 1. The molecule has 0 bridgehead atoms. The zero-order valence-corrected chi connectivity index (χ0v) is 27.2. The fraction of sp³-hybridized carbons (Fsp3) is 0.382. The second-order valence-electron chi connectivity index (χ2n) is 12.5. The van der Waals surface area contributed by atoms with Gasteiger partial charge in [0.15, 0.2) is 0 Å². The van der Waals surface area contributed by atoms with E-state index in [4.69, 9.17) is 4.98 Å². The molecule has 2 amide bonds. The van der Waals surface area contributed by atoms with Crippen LogP contribution < -0.4 is 10.2 Å². The summed E-state index contributed by atoms with van der Waals surface area (Å²) in [6.45, 7) is 1.43. The zero-order chi connectivity index (χ0) is 35.8. The Hall–Kier alpha value is -5.15. The normalized spacial score (nSPS) is 16.1. The maximum Gasteiger partial charge on any atom is 0.416 e. The standard InChI is InChI=1S/C34H34F6N8O2/c1-45(2)31(50)27-17-22-19-42-32(44-30(22)48(27)25-5-3-4-6-25)43-28-9-8-26(20-41-28)46-11-13-47(14-12-46)29(49)10-7-21-15-23(33(35,36)37)18-24(16-21)34(38,39)40/h7-10,15-20,25H,3-6,11-14H2,1-2H3,(H,41,42,43,44)/b10-7+. The minimum Gasteiger partial charge on any atom is -0.367 e. The third kappa shape index (κ3) is 7.53. The average Bonchev–Trinajstić information content (AvgIpc) is 3.74. The van der Waals surface area contributed by atoms with Crippen molar-refractivity contribution in [1.29, 1.82) is 0 Å². The molecule has 1 aliphatic heterocycles. The van der Waals surface area contributed by atoms with E-state index in [-0.39, 0.29) is 36.7 Å². The van der Waals surface area contributed by atoms with Crippen molar-refractivity contribution in [2.75, 3.05) is 50.5 Å². The van der Waals surface area contributed by atoms with Crippen molar-refractivity contribution in [1.82, 2.24) is 29.3 Å². The van der Waals surface area contributed by atoms with Gasteiger partial charge in [-0.2, -0.15) is 31.3 Å². The van der Waals surface area contributed by atoms with Gasteiger partial charge in [-0.15, -0.1) is 0 Å². The molecule has 0 unspecified atom stereocenters. The highest BCUT2D eigenvalue weighted by atomic mass is 19.4. The molecule has 1 saturated carbocycles. The largest absolute Gasteiger partial charge is 0.416 e. The molecular weight excluding hydrogens is 666 g/mol. The lowest BCUT2D eigenvalue weighted by molar-refractivity contribution is -0.143. The van der Waals surface area contributed by atoms with E-state index in [9.17, 15) is 35.9 Å². The summed E-state index contributed by atoms with van der Waals surface area (Å²) in [7, 11) is 3.44. The topological polar surface area (TPSA) is 99.5 Å². The molecule has 6 rings (SSSR count). The zero-order valence-electron chi connectivity index (χ0n) is 27.2. The van der Waals surface area contributed by atoms with Gasteiger partial charge in [0.05, 0.1) is 23.0 Å².